The number of rotatable bonds is 2. The van der Waals surface area contributed by atoms with Crippen molar-refractivity contribution in [2.24, 2.45) is 0 Å². The monoisotopic (exact) mass is 349 g/mol. The Balaban J connectivity index is 1.64. The lowest BCUT2D eigenvalue weighted by atomic mass is 9.94. The van der Waals surface area contributed by atoms with Gasteiger partial charge in [0.25, 0.3) is 5.91 Å². The molecule has 134 valence electrons. The number of H-pyrrole nitrogens is 1. The minimum Gasteiger partial charge on any atom is -0.339 e. The molecule has 3 aromatic rings. The van der Waals surface area contributed by atoms with E-state index < -0.39 is 0 Å². The van der Waals surface area contributed by atoms with E-state index in [1.54, 1.807) is 6.33 Å². The van der Waals surface area contributed by atoms with E-state index in [-0.39, 0.29) is 5.91 Å². The fraction of sp³-hybridized carbons (Fsp3) is 0.400. The molecule has 0 aliphatic carbocycles. The van der Waals surface area contributed by atoms with Crippen molar-refractivity contribution in [3.63, 3.8) is 0 Å². The van der Waals surface area contributed by atoms with Crippen molar-refractivity contribution >= 4 is 16.8 Å². The number of benzene rings is 1. The number of fused-ring (bicyclic) bond motifs is 1. The second kappa shape index (κ2) is 6.52. The number of aromatic amines is 1. The van der Waals surface area contributed by atoms with Crippen molar-refractivity contribution in [1.82, 2.24) is 25.1 Å². The van der Waals surface area contributed by atoms with Gasteiger partial charge in [0.05, 0.1) is 11.1 Å². The maximum absolute atomic E-state index is 13.4. The molecule has 0 unspecified atom stereocenters. The number of hydrogen-bond acceptors (Lipinski definition) is 4. The maximum atomic E-state index is 13.4. The van der Waals surface area contributed by atoms with Gasteiger partial charge in [0.15, 0.2) is 0 Å². The number of aryl methyl sites for hydroxylation is 2. The van der Waals surface area contributed by atoms with Crippen LogP contribution in [0.4, 0.5) is 0 Å². The molecule has 1 aromatic carbocycles. The number of hydrogen-bond donors (Lipinski definition) is 1. The van der Waals surface area contributed by atoms with Crippen molar-refractivity contribution in [2.75, 3.05) is 13.1 Å². The molecule has 1 aliphatic heterocycles. The van der Waals surface area contributed by atoms with Crippen molar-refractivity contribution in [3.8, 4) is 0 Å². The van der Waals surface area contributed by atoms with Crippen LogP contribution in [0.5, 0.6) is 0 Å². The molecular weight excluding hydrogens is 326 g/mol. The van der Waals surface area contributed by atoms with Crippen molar-refractivity contribution < 1.29 is 4.79 Å². The summed E-state index contributed by atoms with van der Waals surface area (Å²) < 4.78 is 0. The standard InChI is InChI=1S/C20H23N5O/c1-12-4-5-17-16(10-12)18(13(2)14(3)23-17)20(26)25-8-6-15(7-9-25)19-21-11-22-24-19/h4-5,10-11,15H,6-9H2,1-3H3,(H,21,22,24). The highest BCUT2D eigenvalue weighted by molar-refractivity contribution is 6.07. The van der Waals surface area contributed by atoms with Crippen LogP contribution < -0.4 is 0 Å². The van der Waals surface area contributed by atoms with E-state index in [0.717, 1.165) is 65.0 Å². The van der Waals surface area contributed by atoms with Crippen LogP contribution in [0.15, 0.2) is 24.5 Å². The minimum atomic E-state index is 0.111. The van der Waals surface area contributed by atoms with Crippen LogP contribution in [0.3, 0.4) is 0 Å². The zero-order valence-electron chi connectivity index (χ0n) is 15.4. The van der Waals surface area contributed by atoms with Gasteiger partial charge in [-0.25, -0.2) is 4.98 Å². The van der Waals surface area contributed by atoms with Gasteiger partial charge in [-0.1, -0.05) is 11.6 Å². The lowest BCUT2D eigenvalue weighted by molar-refractivity contribution is 0.0712. The fourth-order valence-electron chi connectivity index (χ4n) is 3.80. The highest BCUT2D eigenvalue weighted by Gasteiger charge is 2.28. The topological polar surface area (TPSA) is 74.8 Å². The summed E-state index contributed by atoms with van der Waals surface area (Å²) in [5, 5.41) is 7.85. The largest absolute Gasteiger partial charge is 0.339 e. The molecular formula is C20H23N5O. The third-order valence-corrected chi connectivity index (χ3v) is 5.44. The number of nitrogens with one attached hydrogen (secondary N) is 1. The van der Waals surface area contributed by atoms with Gasteiger partial charge in [0.1, 0.15) is 12.2 Å². The number of aromatic nitrogens is 4. The Labute approximate surface area is 152 Å². The van der Waals surface area contributed by atoms with E-state index in [2.05, 4.69) is 26.2 Å². The minimum absolute atomic E-state index is 0.111. The zero-order chi connectivity index (χ0) is 18.3. The van der Waals surface area contributed by atoms with E-state index >= 15 is 0 Å². The zero-order valence-corrected chi connectivity index (χ0v) is 15.4. The SMILES string of the molecule is Cc1ccc2nc(C)c(C)c(C(=O)N3CCC(c4ncn[nH]4)CC3)c2c1. The summed E-state index contributed by atoms with van der Waals surface area (Å²) in [5.74, 6) is 1.38. The van der Waals surface area contributed by atoms with E-state index in [1.807, 2.05) is 37.8 Å². The molecule has 0 bridgehead atoms. The number of carbonyl (C=O) groups excluding carboxylic acids is 1. The van der Waals surface area contributed by atoms with Crippen LogP contribution in [0.25, 0.3) is 10.9 Å². The third-order valence-electron chi connectivity index (χ3n) is 5.44. The second-order valence-corrected chi connectivity index (χ2v) is 7.16. The number of pyridine rings is 1. The van der Waals surface area contributed by atoms with Crippen LogP contribution in [-0.4, -0.2) is 44.1 Å². The van der Waals surface area contributed by atoms with E-state index in [0.29, 0.717) is 5.92 Å². The van der Waals surface area contributed by atoms with Gasteiger partial charge in [-0.05, 0) is 51.3 Å². The smallest absolute Gasteiger partial charge is 0.254 e. The van der Waals surface area contributed by atoms with Gasteiger partial charge in [0.2, 0.25) is 0 Å². The van der Waals surface area contributed by atoms with Gasteiger partial charge in [-0.15, -0.1) is 0 Å². The molecule has 4 rings (SSSR count). The first-order valence-corrected chi connectivity index (χ1v) is 9.06. The van der Waals surface area contributed by atoms with Crippen molar-refractivity contribution in [1.29, 1.82) is 0 Å². The number of carbonyl (C=O) groups is 1. The molecule has 1 fully saturated rings. The summed E-state index contributed by atoms with van der Waals surface area (Å²) >= 11 is 0. The summed E-state index contributed by atoms with van der Waals surface area (Å²) in [6.07, 6.45) is 3.35. The molecule has 0 saturated carbocycles. The average molecular weight is 349 g/mol. The average Bonchev–Trinajstić information content (AvgIpc) is 3.18. The molecule has 2 aromatic heterocycles. The number of nitrogens with zero attached hydrogens (tertiary/aromatic N) is 4. The first kappa shape index (κ1) is 16.7. The normalized spacial score (nSPS) is 15.6. The molecule has 6 heteroatoms. The van der Waals surface area contributed by atoms with Gasteiger partial charge in [-0.2, -0.15) is 5.10 Å². The Bertz CT molecular complexity index is 956. The van der Waals surface area contributed by atoms with Crippen LogP contribution in [-0.2, 0) is 0 Å². The first-order valence-electron chi connectivity index (χ1n) is 9.06. The Morgan fingerprint density at radius 2 is 1.96 bits per heavy atom. The van der Waals surface area contributed by atoms with E-state index in [4.69, 9.17) is 0 Å². The summed E-state index contributed by atoms with van der Waals surface area (Å²) in [4.78, 5) is 24.2. The van der Waals surface area contributed by atoms with Gasteiger partial charge >= 0.3 is 0 Å². The summed E-state index contributed by atoms with van der Waals surface area (Å²) in [6, 6.07) is 6.12. The molecule has 0 spiro atoms. The molecule has 1 saturated heterocycles. The first-order chi connectivity index (χ1) is 12.5. The van der Waals surface area contributed by atoms with Crippen LogP contribution in [0.1, 0.15) is 51.8 Å². The number of amides is 1. The second-order valence-electron chi connectivity index (χ2n) is 7.16. The van der Waals surface area contributed by atoms with Crippen LogP contribution in [0.2, 0.25) is 0 Å². The summed E-state index contributed by atoms with van der Waals surface area (Å²) in [5.41, 5.74) is 4.72. The van der Waals surface area contributed by atoms with Crippen LogP contribution >= 0.6 is 0 Å². The molecule has 26 heavy (non-hydrogen) atoms. The molecule has 0 atom stereocenters. The molecule has 1 aliphatic rings. The fourth-order valence-corrected chi connectivity index (χ4v) is 3.80. The molecule has 1 N–H and O–H groups in total. The molecule has 0 radical (unpaired) electrons. The predicted molar refractivity (Wildman–Crippen MR) is 100 cm³/mol. The predicted octanol–water partition coefficient (Wildman–Crippen LogP) is 3.30. The Kier molecular flexibility index (Phi) is 4.18. The lowest BCUT2D eigenvalue weighted by Crippen LogP contribution is -2.38. The van der Waals surface area contributed by atoms with E-state index in [9.17, 15) is 4.79 Å². The van der Waals surface area contributed by atoms with Crippen molar-refractivity contribution in [3.05, 3.63) is 52.7 Å². The van der Waals surface area contributed by atoms with Gasteiger partial charge in [-0.3, -0.25) is 14.9 Å². The Morgan fingerprint density at radius 1 is 1.19 bits per heavy atom. The van der Waals surface area contributed by atoms with Crippen LogP contribution in [0, 0.1) is 20.8 Å². The van der Waals surface area contributed by atoms with Gasteiger partial charge < -0.3 is 4.90 Å². The van der Waals surface area contributed by atoms with Crippen molar-refractivity contribution in [2.45, 2.75) is 39.5 Å². The molecule has 6 nitrogen and oxygen atoms in total. The lowest BCUT2D eigenvalue weighted by Gasteiger charge is -2.31. The number of likely N-dealkylation sites (tertiary alicyclic amines) is 1. The molecule has 1 amide bonds. The Hall–Kier alpha value is -2.76. The third kappa shape index (κ3) is 2.85. The Morgan fingerprint density at radius 3 is 2.65 bits per heavy atom. The van der Waals surface area contributed by atoms with Gasteiger partial charge in [0, 0.05) is 30.1 Å². The summed E-state index contributed by atoms with van der Waals surface area (Å²) in [7, 11) is 0. The maximum Gasteiger partial charge on any atom is 0.254 e. The quantitative estimate of drug-likeness (QED) is 0.770. The molecule has 3 heterocycles. The highest BCUT2D eigenvalue weighted by atomic mass is 16.2. The summed E-state index contributed by atoms with van der Waals surface area (Å²) in [6.45, 7) is 7.49. The highest BCUT2D eigenvalue weighted by Crippen LogP contribution is 2.29. The van der Waals surface area contributed by atoms with E-state index in [1.165, 1.54) is 0 Å². The number of piperidine rings is 1.